The van der Waals surface area contributed by atoms with Crippen LogP contribution in [0.4, 0.5) is 0 Å². The van der Waals surface area contributed by atoms with Crippen LogP contribution in [0.3, 0.4) is 0 Å². The van der Waals surface area contributed by atoms with Gasteiger partial charge < -0.3 is 5.32 Å². The van der Waals surface area contributed by atoms with Gasteiger partial charge in [-0.1, -0.05) is 39.7 Å². The van der Waals surface area contributed by atoms with Crippen molar-refractivity contribution in [2.75, 3.05) is 0 Å². The minimum absolute atomic E-state index is 0.119. The Labute approximate surface area is 71.0 Å². The number of allylic oxidation sites excluding steroid dienone is 2. The Hall–Kier alpha value is -0.655. The van der Waals surface area contributed by atoms with E-state index in [1.165, 1.54) is 0 Å². The molecule has 0 aromatic carbocycles. The zero-order valence-corrected chi connectivity index (χ0v) is 7.65. The van der Waals surface area contributed by atoms with Gasteiger partial charge in [0.05, 0.1) is 7.85 Å². The summed E-state index contributed by atoms with van der Waals surface area (Å²) in [6.07, 6.45) is 4.21. The van der Waals surface area contributed by atoms with Gasteiger partial charge >= 0.3 is 0 Å². The molecule has 0 saturated carbocycles. The molecule has 0 unspecified atom stereocenters. The SMILES string of the molecule is [B]C/C=C(\NC=C)C(C)(C)C. The average molecular weight is 149 g/mol. The van der Waals surface area contributed by atoms with Crippen molar-refractivity contribution in [3.8, 4) is 0 Å². The van der Waals surface area contributed by atoms with Crippen LogP contribution in [0.5, 0.6) is 0 Å². The third-order valence-electron chi connectivity index (χ3n) is 1.39. The summed E-state index contributed by atoms with van der Waals surface area (Å²) in [5, 5.41) is 3.07. The molecule has 0 saturated heterocycles. The maximum absolute atomic E-state index is 5.41. The van der Waals surface area contributed by atoms with E-state index in [4.69, 9.17) is 7.85 Å². The van der Waals surface area contributed by atoms with Gasteiger partial charge in [0.2, 0.25) is 0 Å². The van der Waals surface area contributed by atoms with E-state index >= 15 is 0 Å². The molecule has 0 aliphatic carbocycles. The first kappa shape index (κ1) is 10.3. The van der Waals surface area contributed by atoms with E-state index in [2.05, 4.69) is 32.7 Å². The Morgan fingerprint density at radius 2 is 2.09 bits per heavy atom. The van der Waals surface area contributed by atoms with Gasteiger partial charge in [0.25, 0.3) is 0 Å². The van der Waals surface area contributed by atoms with Crippen LogP contribution in [-0.2, 0) is 0 Å². The van der Waals surface area contributed by atoms with Crippen LogP contribution in [0, 0.1) is 5.41 Å². The predicted molar refractivity (Wildman–Crippen MR) is 51.4 cm³/mol. The second-order valence-corrected chi connectivity index (χ2v) is 3.45. The number of nitrogens with one attached hydrogen (secondary N) is 1. The normalized spacial score (nSPS) is 12.8. The van der Waals surface area contributed by atoms with Crippen molar-refractivity contribution in [3.05, 3.63) is 24.6 Å². The lowest BCUT2D eigenvalue weighted by Gasteiger charge is -2.22. The molecule has 11 heavy (non-hydrogen) atoms. The van der Waals surface area contributed by atoms with Crippen LogP contribution in [0.1, 0.15) is 20.8 Å². The van der Waals surface area contributed by atoms with Crippen molar-refractivity contribution < 1.29 is 0 Å². The number of hydrogen-bond donors (Lipinski definition) is 1. The monoisotopic (exact) mass is 149 g/mol. The smallest absolute Gasteiger partial charge is 0.0709 e. The molecule has 0 heterocycles. The predicted octanol–water partition coefficient (Wildman–Crippen LogP) is 2.24. The minimum Gasteiger partial charge on any atom is -0.365 e. The molecule has 2 heteroatoms. The number of rotatable bonds is 3. The minimum atomic E-state index is 0.119. The molecular weight excluding hydrogens is 133 g/mol. The van der Waals surface area contributed by atoms with Crippen molar-refractivity contribution in [1.29, 1.82) is 0 Å². The highest BCUT2D eigenvalue weighted by Crippen LogP contribution is 2.22. The largest absolute Gasteiger partial charge is 0.365 e. The summed E-state index contributed by atoms with van der Waals surface area (Å²) in [7, 11) is 5.41. The molecule has 0 aliphatic rings. The zero-order valence-electron chi connectivity index (χ0n) is 7.65. The van der Waals surface area contributed by atoms with Crippen molar-refractivity contribution in [2.24, 2.45) is 5.41 Å². The lowest BCUT2D eigenvalue weighted by atomic mass is 9.89. The van der Waals surface area contributed by atoms with Crippen molar-refractivity contribution in [1.82, 2.24) is 5.32 Å². The quantitative estimate of drug-likeness (QED) is 0.606. The van der Waals surface area contributed by atoms with Gasteiger partial charge in [-0.25, -0.2) is 0 Å². The lowest BCUT2D eigenvalue weighted by Crippen LogP contribution is -2.19. The summed E-state index contributed by atoms with van der Waals surface area (Å²) in [6, 6.07) is 0. The van der Waals surface area contributed by atoms with Crippen LogP contribution in [-0.4, -0.2) is 7.85 Å². The van der Waals surface area contributed by atoms with Gasteiger partial charge in [0.1, 0.15) is 0 Å². The number of hydrogen-bond acceptors (Lipinski definition) is 1. The Morgan fingerprint density at radius 1 is 1.55 bits per heavy atom. The summed E-state index contributed by atoms with van der Waals surface area (Å²) in [6.45, 7) is 9.99. The van der Waals surface area contributed by atoms with Crippen LogP contribution in [0.2, 0.25) is 6.32 Å². The molecule has 0 aromatic heterocycles. The first-order chi connectivity index (χ1) is 5.02. The Kier molecular flexibility index (Phi) is 4.02. The summed E-state index contributed by atoms with van der Waals surface area (Å²) in [5.41, 5.74) is 1.24. The van der Waals surface area contributed by atoms with Crippen LogP contribution < -0.4 is 5.32 Å². The van der Waals surface area contributed by atoms with E-state index < -0.39 is 0 Å². The summed E-state index contributed by atoms with van der Waals surface area (Å²) >= 11 is 0. The van der Waals surface area contributed by atoms with Crippen molar-refractivity contribution >= 4 is 7.85 Å². The molecule has 2 radical (unpaired) electrons. The van der Waals surface area contributed by atoms with Gasteiger partial charge in [0, 0.05) is 11.1 Å². The van der Waals surface area contributed by atoms with E-state index in [-0.39, 0.29) is 5.41 Å². The third kappa shape index (κ3) is 3.92. The van der Waals surface area contributed by atoms with Crippen LogP contribution >= 0.6 is 0 Å². The standard InChI is InChI=1S/C9H16BN/c1-5-11-8(6-7-10)9(2,3)4/h5-6,11H,1,7H2,2-4H3/b8-6-. The highest BCUT2D eigenvalue weighted by atomic mass is 14.9. The Morgan fingerprint density at radius 3 is 2.36 bits per heavy atom. The summed E-state index contributed by atoms with van der Waals surface area (Å²) in [4.78, 5) is 0. The molecule has 0 fully saturated rings. The molecule has 0 atom stereocenters. The van der Waals surface area contributed by atoms with Gasteiger partial charge in [-0.2, -0.15) is 0 Å². The molecule has 60 valence electrons. The van der Waals surface area contributed by atoms with Gasteiger partial charge in [-0.3, -0.25) is 0 Å². The zero-order chi connectivity index (χ0) is 8.91. The fourth-order valence-corrected chi connectivity index (χ4v) is 0.809. The maximum Gasteiger partial charge on any atom is 0.0709 e. The van der Waals surface area contributed by atoms with Gasteiger partial charge in [-0.05, 0) is 6.20 Å². The van der Waals surface area contributed by atoms with E-state index in [1.54, 1.807) is 6.20 Å². The fourth-order valence-electron chi connectivity index (χ4n) is 0.809. The Bertz CT molecular complexity index is 153. The molecule has 0 spiro atoms. The van der Waals surface area contributed by atoms with E-state index in [1.807, 2.05) is 6.08 Å². The molecule has 0 bridgehead atoms. The molecule has 1 nitrogen and oxygen atoms in total. The summed E-state index contributed by atoms with van der Waals surface area (Å²) in [5.74, 6) is 0. The van der Waals surface area contributed by atoms with E-state index in [0.717, 1.165) is 5.70 Å². The van der Waals surface area contributed by atoms with Crippen LogP contribution in [0.25, 0.3) is 0 Å². The van der Waals surface area contributed by atoms with E-state index in [9.17, 15) is 0 Å². The lowest BCUT2D eigenvalue weighted by molar-refractivity contribution is 0.478. The fraction of sp³-hybridized carbons (Fsp3) is 0.556. The molecule has 0 amide bonds. The Balaban J connectivity index is 4.34. The summed E-state index contributed by atoms with van der Waals surface area (Å²) < 4.78 is 0. The highest BCUT2D eigenvalue weighted by molar-refractivity contribution is 6.09. The molecule has 0 aromatic rings. The molecular formula is C9H16BN. The second-order valence-electron chi connectivity index (χ2n) is 3.45. The van der Waals surface area contributed by atoms with Gasteiger partial charge in [-0.15, -0.1) is 0 Å². The van der Waals surface area contributed by atoms with Crippen LogP contribution in [0.15, 0.2) is 24.6 Å². The van der Waals surface area contributed by atoms with Gasteiger partial charge in [0.15, 0.2) is 0 Å². The third-order valence-corrected chi connectivity index (χ3v) is 1.39. The maximum atomic E-state index is 5.41. The molecule has 1 N–H and O–H groups in total. The van der Waals surface area contributed by atoms with Crippen molar-refractivity contribution in [2.45, 2.75) is 27.1 Å². The van der Waals surface area contributed by atoms with Crippen molar-refractivity contribution in [3.63, 3.8) is 0 Å². The average Bonchev–Trinajstić information content (AvgIpc) is 1.85. The first-order valence-corrected chi connectivity index (χ1v) is 3.80. The first-order valence-electron chi connectivity index (χ1n) is 3.80. The van der Waals surface area contributed by atoms with E-state index in [0.29, 0.717) is 6.32 Å². The molecule has 0 aliphatic heterocycles. The molecule has 0 rings (SSSR count). The topological polar surface area (TPSA) is 12.0 Å². The second kappa shape index (κ2) is 4.27. The highest BCUT2D eigenvalue weighted by Gasteiger charge is 2.14.